The Hall–Kier alpha value is -0.810. The molecule has 2 N–H and O–H groups in total. The molecule has 20 heavy (non-hydrogen) atoms. The van der Waals surface area contributed by atoms with Crippen molar-refractivity contribution in [2.45, 2.75) is 25.0 Å². The molecule has 0 amide bonds. The van der Waals surface area contributed by atoms with Crippen LogP contribution in [0.5, 0.6) is 5.75 Å². The van der Waals surface area contributed by atoms with Crippen molar-refractivity contribution in [2.75, 3.05) is 33.4 Å². The van der Waals surface area contributed by atoms with Crippen LogP contribution in [0.15, 0.2) is 24.3 Å². The van der Waals surface area contributed by atoms with E-state index in [2.05, 4.69) is 4.90 Å². The Labute approximate surface area is 125 Å². The van der Waals surface area contributed by atoms with E-state index in [1.54, 1.807) is 7.11 Å². The standard InChI is InChI=1S/C15H23ClN2O2/c1-19-13-6-7-18(12(10-13)11-17)8-9-20-15-5-3-2-4-14(15)16/h2-5,12-13H,6-11,17H2,1H3. The molecule has 0 saturated carbocycles. The van der Waals surface area contributed by atoms with Crippen LogP contribution in [0.4, 0.5) is 0 Å². The zero-order chi connectivity index (χ0) is 14.4. The van der Waals surface area contributed by atoms with Crippen molar-refractivity contribution in [1.29, 1.82) is 0 Å². The first-order chi connectivity index (χ1) is 9.74. The highest BCUT2D eigenvalue weighted by Crippen LogP contribution is 2.23. The summed E-state index contributed by atoms with van der Waals surface area (Å²) in [5.74, 6) is 0.741. The van der Waals surface area contributed by atoms with E-state index in [1.165, 1.54) is 0 Å². The average Bonchev–Trinajstić information content (AvgIpc) is 2.49. The Kier molecular flexibility index (Phi) is 6.10. The number of benzene rings is 1. The lowest BCUT2D eigenvalue weighted by Gasteiger charge is -2.38. The second-order valence-electron chi connectivity index (χ2n) is 5.09. The van der Waals surface area contributed by atoms with Gasteiger partial charge >= 0.3 is 0 Å². The molecule has 1 aliphatic heterocycles. The summed E-state index contributed by atoms with van der Waals surface area (Å²) < 4.78 is 11.2. The third kappa shape index (κ3) is 4.09. The maximum absolute atomic E-state index is 6.06. The number of hydrogen-bond donors (Lipinski definition) is 1. The molecule has 2 atom stereocenters. The Bertz CT molecular complexity index is 417. The molecule has 5 heteroatoms. The van der Waals surface area contributed by atoms with Gasteiger partial charge in [0.25, 0.3) is 0 Å². The van der Waals surface area contributed by atoms with Crippen LogP contribution in [0.2, 0.25) is 5.02 Å². The van der Waals surface area contributed by atoms with Crippen molar-refractivity contribution in [3.8, 4) is 5.75 Å². The van der Waals surface area contributed by atoms with Crippen LogP contribution >= 0.6 is 11.6 Å². The van der Waals surface area contributed by atoms with Crippen LogP contribution in [0.3, 0.4) is 0 Å². The largest absolute Gasteiger partial charge is 0.491 e. The van der Waals surface area contributed by atoms with Gasteiger partial charge in [-0.3, -0.25) is 4.90 Å². The minimum atomic E-state index is 0.337. The molecule has 0 radical (unpaired) electrons. The highest BCUT2D eigenvalue weighted by Gasteiger charge is 2.27. The highest BCUT2D eigenvalue weighted by atomic mass is 35.5. The van der Waals surface area contributed by atoms with Gasteiger partial charge in [0, 0.05) is 32.8 Å². The summed E-state index contributed by atoms with van der Waals surface area (Å²) >= 11 is 6.06. The predicted octanol–water partition coefficient (Wildman–Crippen LogP) is 2.16. The number of hydrogen-bond acceptors (Lipinski definition) is 4. The molecule has 4 nitrogen and oxygen atoms in total. The number of piperidine rings is 1. The van der Waals surface area contributed by atoms with Crippen LogP contribution in [0.1, 0.15) is 12.8 Å². The fourth-order valence-corrected chi connectivity index (χ4v) is 2.84. The molecule has 1 aromatic rings. The van der Waals surface area contributed by atoms with Gasteiger partial charge in [-0.05, 0) is 25.0 Å². The zero-order valence-electron chi connectivity index (χ0n) is 11.9. The van der Waals surface area contributed by atoms with Gasteiger partial charge < -0.3 is 15.2 Å². The summed E-state index contributed by atoms with van der Waals surface area (Å²) in [4.78, 5) is 2.38. The van der Waals surface area contributed by atoms with Gasteiger partial charge in [-0.25, -0.2) is 0 Å². The third-order valence-electron chi connectivity index (χ3n) is 3.87. The minimum absolute atomic E-state index is 0.337. The molecule has 0 aromatic heterocycles. The number of ether oxygens (including phenoxy) is 2. The van der Waals surface area contributed by atoms with Crippen LogP contribution in [-0.2, 0) is 4.74 Å². The quantitative estimate of drug-likeness (QED) is 0.874. The van der Waals surface area contributed by atoms with Crippen molar-refractivity contribution >= 4 is 11.6 Å². The van der Waals surface area contributed by atoms with E-state index >= 15 is 0 Å². The molecule has 0 spiro atoms. The normalized spacial score (nSPS) is 23.8. The predicted molar refractivity (Wildman–Crippen MR) is 81.4 cm³/mol. The van der Waals surface area contributed by atoms with Crippen LogP contribution in [0.25, 0.3) is 0 Å². The van der Waals surface area contributed by atoms with E-state index < -0.39 is 0 Å². The molecule has 1 aliphatic rings. The number of nitrogens with zero attached hydrogens (tertiary/aromatic N) is 1. The van der Waals surface area contributed by atoms with E-state index in [9.17, 15) is 0 Å². The molecule has 1 saturated heterocycles. The average molecular weight is 299 g/mol. The molecular formula is C15H23ClN2O2. The molecule has 2 rings (SSSR count). The van der Waals surface area contributed by atoms with Gasteiger partial charge in [-0.2, -0.15) is 0 Å². The van der Waals surface area contributed by atoms with Crippen molar-refractivity contribution in [3.05, 3.63) is 29.3 Å². The lowest BCUT2D eigenvalue weighted by Crippen LogP contribution is -2.49. The van der Waals surface area contributed by atoms with Crippen molar-refractivity contribution in [1.82, 2.24) is 4.90 Å². The van der Waals surface area contributed by atoms with Gasteiger partial charge in [0.1, 0.15) is 12.4 Å². The number of halogens is 1. The second-order valence-corrected chi connectivity index (χ2v) is 5.49. The molecule has 0 bridgehead atoms. The number of para-hydroxylation sites is 1. The van der Waals surface area contributed by atoms with Gasteiger partial charge in [0.05, 0.1) is 11.1 Å². The van der Waals surface area contributed by atoms with Crippen LogP contribution < -0.4 is 10.5 Å². The molecule has 2 unspecified atom stereocenters. The molecule has 0 aliphatic carbocycles. The molecule has 1 aromatic carbocycles. The van der Waals surface area contributed by atoms with Crippen LogP contribution in [0, 0.1) is 0 Å². The Morgan fingerprint density at radius 3 is 2.90 bits per heavy atom. The molecule has 1 fully saturated rings. The monoisotopic (exact) mass is 298 g/mol. The minimum Gasteiger partial charge on any atom is -0.491 e. The SMILES string of the molecule is COC1CCN(CCOc2ccccc2Cl)C(CN)C1. The second kappa shape index (κ2) is 7.84. The highest BCUT2D eigenvalue weighted by molar-refractivity contribution is 6.32. The maximum atomic E-state index is 6.06. The Morgan fingerprint density at radius 1 is 1.40 bits per heavy atom. The Morgan fingerprint density at radius 2 is 2.20 bits per heavy atom. The van der Waals surface area contributed by atoms with Crippen molar-refractivity contribution in [2.24, 2.45) is 5.73 Å². The van der Waals surface area contributed by atoms with Crippen LogP contribution in [-0.4, -0.2) is 50.4 Å². The maximum Gasteiger partial charge on any atom is 0.137 e. The smallest absolute Gasteiger partial charge is 0.137 e. The van der Waals surface area contributed by atoms with Crippen molar-refractivity contribution in [3.63, 3.8) is 0 Å². The fraction of sp³-hybridized carbons (Fsp3) is 0.600. The fourth-order valence-electron chi connectivity index (χ4n) is 2.65. The zero-order valence-corrected chi connectivity index (χ0v) is 12.7. The summed E-state index contributed by atoms with van der Waals surface area (Å²) in [5.41, 5.74) is 5.86. The third-order valence-corrected chi connectivity index (χ3v) is 4.18. The first-order valence-corrected chi connectivity index (χ1v) is 7.46. The summed E-state index contributed by atoms with van der Waals surface area (Å²) in [6.07, 6.45) is 2.39. The Balaban J connectivity index is 1.80. The van der Waals surface area contributed by atoms with E-state index in [1.807, 2.05) is 24.3 Å². The first kappa shape index (κ1) is 15.6. The lowest BCUT2D eigenvalue weighted by molar-refractivity contribution is 0.00923. The number of nitrogens with two attached hydrogens (primary N) is 1. The number of methoxy groups -OCH3 is 1. The van der Waals surface area contributed by atoms with E-state index in [0.29, 0.717) is 30.3 Å². The van der Waals surface area contributed by atoms with E-state index in [4.69, 9.17) is 26.8 Å². The summed E-state index contributed by atoms with van der Waals surface area (Å²) in [6.45, 7) is 3.15. The summed E-state index contributed by atoms with van der Waals surface area (Å²) in [7, 11) is 1.77. The molecular weight excluding hydrogens is 276 g/mol. The van der Waals surface area contributed by atoms with Gasteiger partial charge in [-0.15, -0.1) is 0 Å². The summed E-state index contributed by atoms with van der Waals surface area (Å²) in [6, 6.07) is 7.93. The first-order valence-electron chi connectivity index (χ1n) is 7.08. The number of rotatable bonds is 6. The molecule has 112 valence electrons. The van der Waals surface area contributed by atoms with E-state index in [-0.39, 0.29) is 0 Å². The van der Waals surface area contributed by atoms with Gasteiger partial charge in [0.2, 0.25) is 0 Å². The summed E-state index contributed by atoms with van der Waals surface area (Å²) in [5, 5.41) is 0.654. The number of likely N-dealkylation sites (tertiary alicyclic amines) is 1. The van der Waals surface area contributed by atoms with E-state index in [0.717, 1.165) is 31.7 Å². The lowest BCUT2D eigenvalue weighted by atomic mass is 9.99. The van der Waals surface area contributed by atoms with Gasteiger partial charge in [-0.1, -0.05) is 23.7 Å². The molecule has 1 heterocycles. The topological polar surface area (TPSA) is 47.7 Å². The van der Waals surface area contributed by atoms with Gasteiger partial charge in [0.15, 0.2) is 0 Å². The van der Waals surface area contributed by atoms with Crippen molar-refractivity contribution < 1.29 is 9.47 Å².